The fourth-order valence-electron chi connectivity index (χ4n) is 2.35. The van der Waals surface area contributed by atoms with Crippen LogP contribution in [0.2, 0.25) is 0 Å². The standard InChI is InChI=1S/C13H26N4O2/c1-9(2)10(8-17(3)4)15-12(18)13(6-5-7-13)11(14)16-19/h9-10,19H,5-8H2,1-4H3,(H2,14,16)(H,15,18). The van der Waals surface area contributed by atoms with Crippen molar-refractivity contribution in [2.75, 3.05) is 20.6 Å². The van der Waals surface area contributed by atoms with Crippen LogP contribution in [0.5, 0.6) is 0 Å². The lowest BCUT2D eigenvalue weighted by atomic mass is 9.67. The van der Waals surface area contributed by atoms with Gasteiger partial charge in [-0.25, -0.2) is 0 Å². The highest BCUT2D eigenvalue weighted by Crippen LogP contribution is 2.41. The van der Waals surface area contributed by atoms with Gasteiger partial charge in [0.15, 0.2) is 5.84 Å². The normalized spacial score (nSPS) is 20.2. The second-order valence-corrected chi connectivity index (χ2v) is 6.01. The molecule has 1 atom stereocenters. The molecule has 19 heavy (non-hydrogen) atoms. The number of nitrogens with two attached hydrogens (primary N) is 1. The van der Waals surface area contributed by atoms with E-state index >= 15 is 0 Å². The first-order chi connectivity index (χ1) is 8.83. The number of carbonyl (C=O) groups is 1. The van der Waals surface area contributed by atoms with Crippen molar-refractivity contribution in [3.63, 3.8) is 0 Å². The fourth-order valence-corrected chi connectivity index (χ4v) is 2.35. The number of rotatable bonds is 6. The van der Waals surface area contributed by atoms with E-state index in [0.717, 1.165) is 13.0 Å². The number of amidine groups is 1. The summed E-state index contributed by atoms with van der Waals surface area (Å²) in [5.74, 6) is 0.244. The number of hydrogen-bond acceptors (Lipinski definition) is 4. The van der Waals surface area contributed by atoms with Crippen molar-refractivity contribution in [3.05, 3.63) is 0 Å². The van der Waals surface area contributed by atoms with Gasteiger partial charge in [0.25, 0.3) is 0 Å². The van der Waals surface area contributed by atoms with Gasteiger partial charge in [-0.3, -0.25) is 4.79 Å². The zero-order valence-electron chi connectivity index (χ0n) is 12.3. The van der Waals surface area contributed by atoms with Crippen LogP contribution < -0.4 is 11.1 Å². The van der Waals surface area contributed by atoms with Crippen molar-refractivity contribution in [1.82, 2.24) is 10.2 Å². The van der Waals surface area contributed by atoms with Gasteiger partial charge < -0.3 is 21.2 Å². The largest absolute Gasteiger partial charge is 0.409 e. The Labute approximate surface area is 115 Å². The molecule has 4 N–H and O–H groups in total. The van der Waals surface area contributed by atoms with Gasteiger partial charge in [0, 0.05) is 12.6 Å². The van der Waals surface area contributed by atoms with E-state index in [2.05, 4.69) is 24.3 Å². The zero-order valence-corrected chi connectivity index (χ0v) is 12.3. The second kappa shape index (κ2) is 6.23. The first kappa shape index (κ1) is 15.8. The van der Waals surface area contributed by atoms with Crippen LogP contribution in [-0.4, -0.2) is 48.5 Å². The fraction of sp³-hybridized carbons (Fsp3) is 0.846. The maximum absolute atomic E-state index is 12.4. The quantitative estimate of drug-likeness (QED) is 0.285. The topological polar surface area (TPSA) is 91.0 Å². The van der Waals surface area contributed by atoms with E-state index in [-0.39, 0.29) is 17.8 Å². The molecule has 6 nitrogen and oxygen atoms in total. The van der Waals surface area contributed by atoms with Gasteiger partial charge >= 0.3 is 0 Å². The summed E-state index contributed by atoms with van der Waals surface area (Å²) >= 11 is 0. The molecule has 6 heteroatoms. The third kappa shape index (κ3) is 3.37. The molecule has 0 bridgehead atoms. The molecule has 110 valence electrons. The Hall–Kier alpha value is -1.30. The lowest BCUT2D eigenvalue weighted by Crippen LogP contribution is -2.58. The molecule has 0 spiro atoms. The summed E-state index contributed by atoms with van der Waals surface area (Å²) in [6.45, 7) is 4.92. The molecule has 0 heterocycles. The van der Waals surface area contributed by atoms with E-state index in [4.69, 9.17) is 10.9 Å². The van der Waals surface area contributed by atoms with Crippen molar-refractivity contribution in [1.29, 1.82) is 0 Å². The number of hydrogen-bond donors (Lipinski definition) is 3. The Kier molecular flexibility index (Phi) is 5.17. The van der Waals surface area contributed by atoms with Crippen LogP contribution >= 0.6 is 0 Å². The van der Waals surface area contributed by atoms with Crippen LogP contribution in [0.25, 0.3) is 0 Å². The van der Waals surface area contributed by atoms with E-state index in [0.29, 0.717) is 18.8 Å². The number of nitrogens with zero attached hydrogens (tertiary/aromatic N) is 2. The summed E-state index contributed by atoms with van der Waals surface area (Å²) in [4.78, 5) is 14.5. The zero-order chi connectivity index (χ0) is 14.6. The van der Waals surface area contributed by atoms with Crippen molar-refractivity contribution in [2.24, 2.45) is 22.2 Å². The van der Waals surface area contributed by atoms with Crippen LogP contribution in [0.15, 0.2) is 5.16 Å². The lowest BCUT2D eigenvalue weighted by Gasteiger charge is -2.40. The molecule has 1 rings (SSSR count). The summed E-state index contributed by atoms with van der Waals surface area (Å²) < 4.78 is 0. The molecule has 0 aliphatic heterocycles. The lowest BCUT2D eigenvalue weighted by molar-refractivity contribution is -0.132. The van der Waals surface area contributed by atoms with Crippen LogP contribution in [0, 0.1) is 11.3 Å². The summed E-state index contributed by atoms with van der Waals surface area (Å²) in [6, 6.07) is 0.0615. The van der Waals surface area contributed by atoms with E-state index in [9.17, 15) is 4.79 Å². The Morgan fingerprint density at radius 3 is 2.37 bits per heavy atom. The average molecular weight is 270 g/mol. The molecule has 1 fully saturated rings. The van der Waals surface area contributed by atoms with Gasteiger partial charge in [0.1, 0.15) is 5.41 Å². The number of carbonyl (C=O) groups excluding carboxylic acids is 1. The van der Waals surface area contributed by atoms with E-state index in [1.165, 1.54) is 0 Å². The summed E-state index contributed by atoms with van der Waals surface area (Å²) in [5, 5.41) is 14.9. The van der Waals surface area contributed by atoms with E-state index in [1.807, 2.05) is 19.0 Å². The molecular weight excluding hydrogens is 244 g/mol. The molecule has 0 saturated heterocycles. The first-order valence-electron chi connectivity index (χ1n) is 6.77. The maximum atomic E-state index is 12.4. The molecule has 1 aliphatic carbocycles. The van der Waals surface area contributed by atoms with Gasteiger partial charge in [-0.15, -0.1) is 0 Å². The minimum Gasteiger partial charge on any atom is -0.409 e. The minimum atomic E-state index is -0.797. The minimum absolute atomic E-state index is 0.0311. The van der Waals surface area contributed by atoms with Crippen LogP contribution in [0.4, 0.5) is 0 Å². The van der Waals surface area contributed by atoms with Gasteiger partial charge in [-0.05, 0) is 32.9 Å². The van der Waals surface area contributed by atoms with Crippen molar-refractivity contribution in [2.45, 2.75) is 39.2 Å². The van der Waals surface area contributed by atoms with Gasteiger partial charge in [0.05, 0.1) is 0 Å². The summed E-state index contributed by atoms with van der Waals surface area (Å²) in [5.41, 5.74) is 4.90. The van der Waals surface area contributed by atoms with Crippen LogP contribution in [0.1, 0.15) is 33.1 Å². The SMILES string of the molecule is CC(C)C(CN(C)C)NC(=O)C1(C(N)=NO)CCC1. The number of oxime groups is 1. The number of amides is 1. The van der Waals surface area contributed by atoms with E-state index in [1.54, 1.807) is 0 Å². The molecule has 0 radical (unpaired) electrons. The Morgan fingerprint density at radius 1 is 1.47 bits per heavy atom. The summed E-state index contributed by atoms with van der Waals surface area (Å²) in [6.07, 6.45) is 2.24. The Balaban J connectivity index is 2.76. The van der Waals surface area contributed by atoms with Crippen LogP contribution in [0.3, 0.4) is 0 Å². The molecule has 0 aromatic rings. The average Bonchev–Trinajstić information content (AvgIpc) is 2.25. The molecular formula is C13H26N4O2. The van der Waals surface area contributed by atoms with Gasteiger partial charge in [0.2, 0.25) is 5.91 Å². The van der Waals surface area contributed by atoms with Gasteiger partial charge in [-0.2, -0.15) is 0 Å². The highest BCUT2D eigenvalue weighted by molar-refractivity contribution is 6.07. The Bertz CT molecular complexity index is 349. The van der Waals surface area contributed by atoms with Crippen molar-refractivity contribution in [3.8, 4) is 0 Å². The molecule has 1 saturated carbocycles. The first-order valence-corrected chi connectivity index (χ1v) is 6.77. The highest BCUT2D eigenvalue weighted by atomic mass is 16.4. The van der Waals surface area contributed by atoms with E-state index < -0.39 is 5.41 Å². The molecule has 1 unspecified atom stereocenters. The third-order valence-corrected chi connectivity index (χ3v) is 3.92. The molecule has 0 aromatic heterocycles. The maximum Gasteiger partial charge on any atom is 0.234 e. The highest BCUT2D eigenvalue weighted by Gasteiger charge is 2.48. The second-order valence-electron chi connectivity index (χ2n) is 6.01. The monoisotopic (exact) mass is 270 g/mol. The molecule has 1 amide bonds. The number of likely N-dealkylation sites (N-methyl/N-ethyl adjacent to an activating group) is 1. The molecule has 0 aromatic carbocycles. The van der Waals surface area contributed by atoms with Crippen molar-refractivity contribution >= 4 is 11.7 Å². The third-order valence-electron chi connectivity index (χ3n) is 3.92. The predicted octanol–water partition coefficient (Wildman–Crippen LogP) is 0.606. The Morgan fingerprint density at radius 2 is 2.05 bits per heavy atom. The summed E-state index contributed by atoms with van der Waals surface area (Å²) in [7, 11) is 3.95. The van der Waals surface area contributed by atoms with Gasteiger partial charge in [-0.1, -0.05) is 25.4 Å². The number of nitrogens with one attached hydrogen (secondary N) is 1. The van der Waals surface area contributed by atoms with Crippen molar-refractivity contribution < 1.29 is 10.0 Å². The smallest absolute Gasteiger partial charge is 0.234 e. The van der Waals surface area contributed by atoms with Crippen LogP contribution in [-0.2, 0) is 4.79 Å². The predicted molar refractivity (Wildman–Crippen MR) is 75.0 cm³/mol. The molecule has 1 aliphatic rings.